The van der Waals surface area contributed by atoms with Crippen LogP contribution in [0.25, 0.3) is 12.2 Å². The van der Waals surface area contributed by atoms with Crippen LogP contribution in [0.15, 0.2) is 76.3 Å². The first-order valence-electron chi connectivity index (χ1n) is 11.8. The highest BCUT2D eigenvalue weighted by atomic mass is 32.2. The number of rotatable bonds is 6. The van der Waals surface area contributed by atoms with Gasteiger partial charge in [0.05, 0.1) is 6.61 Å². The molecular weight excluding hydrogens is 464 g/mol. The second-order valence-electron chi connectivity index (χ2n) is 8.99. The van der Waals surface area contributed by atoms with Crippen LogP contribution >= 0.6 is 11.3 Å². The average Bonchev–Trinajstić information content (AvgIpc) is 3.39. The Morgan fingerprint density at radius 1 is 0.912 bits per heavy atom. The maximum Gasteiger partial charge on any atom is 0.252 e. The van der Waals surface area contributed by atoms with E-state index < -0.39 is 10.0 Å². The van der Waals surface area contributed by atoms with Gasteiger partial charge in [0.2, 0.25) is 0 Å². The van der Waals surface area contributed by atoms with E-state index in [9.17, 15) is 13.5 Å². The third-order valence-electron chi connectivity index (χ3n) is 7.01. The van der Waals surface area contributed by atoms with Gasteiger partial charge in [-0.15, -0.1) is 11.3 Å². The standard InChI is InChI=1S/C27H30N2O3S2/c30-20-25-27(23-14-12-22(13-15-23)11-10-21-7-2-1-3-8-21)24-19-28(16-4-5-17-29(24)25)34(31,32)26-9-6-18-33-26/h1-3,6-15,18,24-25,27,30H,4-5,16-17,19-20H2/t24-,25+,27-/m1/s1. The van der Waals surface area contributed by atoms with Crippen LogP contribution in [0.3, 0.4) is 0 Å². The lowest BCUT2D eigenvalue weighted by Crippen LogP contribution is -2.67. The molecule has 3 heterocycles. The highest BCUT2D eigenvalue weighted by Gasteiger charge is 2.50. The van der Waals surface area contributed by atoms with Gasteiger partial charge in [-0.2, -0.15) is 4.31 Å². The molecule has 0 saturated carbocycles. The molecular formula is C27H30N2O3S2. The largest absolute Gasteiger partial charge is 0.395 e. The number of hydrogen-bond donors (Lipinski definition) is 1. The number of nitrogens with zero attached hydrogens (tertiary/aromatic N) is 2. The van der Waals surface area contributed by atoms with E-state index in [1.807, 2.05) is 23.6 Å². The van der Waals surface area contributed by atoms with Crippen molar-refractivity contribution in [3.05, 3.63) is 88.8 Å². The summed E-state index contributed by atoms with van der Waals surface area (Å²) in [4.78, 5) is 2.31. The average molecular weight is 495 g/mol. The molecule has 1 aromatic heterocycles. The number of fused-ring (bicyclic) bond motifs is 1. The van der Waals surface area contributed by atoms with Crippen LogP contribution in [0.4, 0.5) is 0 Å². The summed E-state index contributed by atoms with van der Waals surface area (Å²) in [5.41, 5.74) is 3.43. The van der Waals surface area contributed by atoms with Crippen LogP contribution in [0.2, 0.25) is 0 Å². The number of benzene rings is 2. The summed E-state index contributed by atoms with van der Waals surface area (Å²) in [5, 5.41) is 12.0. The van der Waals surface area contributed by atoms with Crippen LogP contribution in [0, 0.1) is 0 Å². The Morgan fingerprint density at radius 2 is 1.62 bits per heavy atom. The van der Waals surface area contributed by atoms with Gasteiger partial charge < -0.3 is 5.11 Å². The van der Waals surface area contributed by atoms with Crippen LogP contribution < -0.4 is 0 Å². The lowest BCUT2D eigenvalue weighted by Gasteiger charge is -2.57. The van der Waals surface area contributed by atoms with E-state index in [1.54, 1.807) is 16.4 Å². The van der Waals surface area contributed by atoms with Crippen LogP contribution in [0.5, 0.6) is 0 Å². The topological polar surface area (TPSA) is 60.9 Å². The predicted molar refractivity (Wildman–Crippen MR) is 138 cm³/mol. The van der Waals surface area contributed by atoms with E-state index in [4.69, 9.17) is 0 Å². The number of aliphatic hydroxyl groups excluding tert-OH is 1. The first-order chi connectivity index (χ1) is 16.6. The van der Waals surface area contributed by atoms with Crippen molar-refractivity contribution in [2.75, 3.05) is 26.2 Å². The Kier molecular flexibility index (Phi) is 6.99. The molecule has 1 N–H and O–H groups in total. The van der Waals surface area contributed by atoms with Gasteiger partial charge in [-0.1, -0.05) is 72.8 Å². The van der Waals surface area contributed by atoms with Crippen molar-refractivity contribution in [3.63, 3.8) is 0 Å². The molecule has 2 saturated heterocycles. The van der Waals surface area contributed by atoms with Gasteiger partial charge in [0.25, 0.3) is 10.0 Å². The van der Waals surface area contributed by atoms with Crippen LogP contribution in [-0.2, 0) is 10.0 Å². The maximum atomic E-state index is 13.3. The molecule has 0 bridgehead atoms. The normalized spacial score (nSPS) is 24.3. The summed E-state index contributed by atoms with van der Waals surface area (Å²) in [7, 11) is -3.50. The molecule has 34 heavy (non-hydrogen) atoms. The van der Waals surface area contributed by atoms with Crippen molar-refractivity contribution in [2.45, 2.75) is 35.1 Å². The van der Waals surface area contributed by atoms with E-state index in [-0.39, 0.29) is 24.6 Å². The monoisotopic (exact) mass is 494 g/mol. The molecule has 0 aliphatic carbocycles. The molecule has 178 valence electrons. The molecule has 0 radical (unpaired) electrons. The van der Waals surface area contributed by atoms with Crippen LogP contribution in [0.1, 0.15) is 35.4 Å². The zero-order valence-electron chi connectivity index (χ0n) is 19.0. The summed E-state index contributed by atoms with van der Waals surface area (Å²) >= 11 is 1.27. The molecule has 5 nitrogen and oxygen atoms in total. The number of hydrogen-bond acceptors (Lipinski definition) is 5. The van der Waals surface area contributed by atoms with Gasteiger partial charge in [0.1, 0.15) is 4.21 Å². The highest BCUT2D eigenvalue weighted by Crippen LogP contribution is 2.42. The Labute approximate surface area is 206 Å². The smallest absolute Gasteiger partial charge is 0.252 e. The number of aliphatic hydroxyl groups is 1. The third-order valence-corrected chi connectivity index (χ3v) is 10.2. The van der Waals surface area contributed by atoms with E-state index >= 15 is 0 Å². The Hall–Kier alpha value is -2.29. The molecule has 7 heteroatoms. The second-order valence-corrected chi connectivity index (χ2v) is 12.1. The lowest BCUT2D eigenvalue weighted by molar-refractivity contribution is -0.0553. The molecule has 5 rings (SSSR count). The van der Waals surface area contributed by atoms with Gasteiger partial charge in [0.15, 0.2) is 0 Å². The molecule has 2 aliphatic rings. The van der Waals surface area contributed by atoms with E-state index in [0.717, 1.165) is 36.1 Å². The highest BCUT2D eigenvalue weighted by molar-refractivity contribution is 7.91. The zero-order valence-corrected chi connectivity index (χ0v) is 20.7. The van der Waals surface area contributed by atoms with Crippen molar-refractivity contribution in [3.8, 4) is 0 Å². The van der Waals surface area contributed by atoms with E-state index in [2.05, 4.69) is 53.5 Å². The van der Waals surface area contributed by atoms with E-state index in [0.29, 0.717) is 17.3 Å². The molecule has 2 aromatic carbocycles. The van der Waals surface area contributed by atoms with Gasteiger partial charge in [0, 0.05) is 31.1 Å². The van der Waals surface area contributed by atoms with Crippen molar-refractivity contribution in [2.24, 2.45) is 0 Å². The van der Waals surface area contributed by atoms with Gasteiger partial charge in [-0.3, -0.25) is 4.90 Å². The first kappa shape index (κ1) is 23.5. The van der Waals surface area contributed by atoms with Gasteiger partial charge in [-0.05, 0) is 47.5 Å². The fraction of sp³-hybridized carbons (Fsp3) is 0.333. The predicted octanol–water partition coefficient (Wildman–Crippen LogP) is 4.53. The van der Waals surface area contributed by atoms with E-state index in [1.165, 1.54) is 11.3 Å². The van der Waals surface area contributed by atoms with Crippen LogP contribution in [-0.4, -0.2) is 61.1 Å². The van der Waals surface area contributed by atoms with Gasteiger partial charge in [-0.25, -0.2) is 8.42 Å². The summed E-state index contributed by atoms with van der Waals surface area (Å²) in [6.45, 7) is 1.98. The summed E-state index contributed by atoms with van der Waals surface area (Å²) in [6, 6.07) is 22.2. The minimum atomic E-state index is -3.50. The fourth-order valence-corrected chi connectivity index (χ4v) is 7.89. The quantitative estimate of drug-likeness (QED) is 0.512. The summed E-state index contributed by atoms with van der Waals surface area (Å²) in [6.07, 6.45) is 5.96. The number of sulfonamides is 1. The molecule has 0 unspecified atom stereocenters. The van der Waals surface area contributed by atoms with Crippen molar-refractivity contribution >= 4 is 33.5 Å². The SMILES string of the molecule is O=S(=O)(c1cccs1)N1CCCCN2[C@H](C1)[C@@H](c1ccc(C=Cc3ccccc3)cc1)[C@@H]2CO. The van der Waals surface area contributed by atoms with Gasteiger partial charge >= 0.3 is 0 Å². The second kappa shape index (κ2) is 10.1. The molecule has 3 aromatic rings. The van der Waals surface area contributed by atoms with Crippen molar-refractivity contribution in [1.82, 2.24) is 9.21 Å². The molecule has 2 fully saturated rings. The Morgan fingerprint density at radius 3 is 2.29 bits per heavy atom. The summed E-state index contributed by atoms with van der Waals surface area (Å²) < 4.78 is 28.6. The molecule has 0 amide bonds. The van der Waals surface area contributed by atoms with Crippen molar-refractivity contribution < 1.29 is 13.5 Å². The third kappa shape index (κ3) is 4.63. The minimum Gasteiger partial charge on any atom is -0.395 e. The molecule has 2 aliphatic heterocycles. The first-order valence-corrected chi connectivity index (χ1v) is 14.1. The lowest BCUT2D eigenvalue weighted by atomic mass is 9.74. The molecule has 0 spiro atoms. The minimum absolute atomic E-state index is 0.0279. The Bertz CT molecular complexity index is 1210. The summed E-state index contributed by atoms with van der Waals surface area (Å²) in [5.74, 6) is 0.108. The fourth-order valence-electron chi connectivity index (χ4n) is 5.25. The molecule has 3 atom stereocenters. The Balaban J connectivity index is 1.37. The number of thiophene rings is 1. The maximum absolute atomic E-state index is 13.3. The van der Waals surface area contributed by atoms with Crippen molar-refractivity contribution in [1.29, 1.82) is 0 Å². The zero-order chi connectivity index (χ0) is 23.5.